The molecule has 3 rings (SSSR count). The molecule has 21 heavy (non-hydrogen) atoms. The van der Waals surface area contributed by atoms with Gasteiger partial charge in [-0.2, -0.15) is 11.3 Å². The molecule has 0 aliphatic carbocycles. The van der Waals surface area contributed by atoms with Crippen LogP contribution < -0.4 is 0 Å². The summed E-state index contributed by atoms with van der Waals surface area (Å²) in [5.74, 6) is -0.222. The highest BCUT2D eigenvalue weighted by Crippen LogP contribution is 2.15. The van der Waals surface area contributed by atoms with Gasteiger partial charge in [-0.05, 0) is 23.6 Å². The van der Waals surface area contributed by atoms with Crippen molar-refractivity contribution in [1.82, 2.24) is 0 Å². The molecule has 0 bridgehead atoms. The molecule has 1 amide bonds. The normalized spacial score (nSPS) is 11.3. The van der Waals surface area contributed by atoms with E-state index in [1.807, 2.05) is 65.4 Å². The Morgan fingerprint density at radius 2 is 1.38 bits per heavy atom. The largest absolute Gasteiger partial charge is 0.277 e. The lowest BCUT2D eigenvalue weighted by Gasteiger charge is -2.04. The number of rotatable bonds is 3. The Labute approximate surface area is 127 Å². The second kappa shape index (κ2) is 6.29. The van der Waals surface area contributed by atoms with Gasteiger partial charge in [0.05, 0.1) is 5.71 Å². The maximum Gasteiger partial charge on any atom is 0.277 e. The van der Waals surface area contributed by atoms with E-state index in [1.54, 1.807) is 23.5 Å². The molecule has 0 N–H and O–H groups in total. The molecule has 0 saturated carbocycles. The zero-order valence-corrected chi connectivity index (χ0v) is 12.1. The van der Waals surface area contributed by atoms with E-state index in [0.29, 0.717) is 11.3 Å². The summed E-state index contributed by atoms with van der Waals surface area (Å²) in [6.45, 7) is 0. The molecule has 3 aromatic rings. The van der Waals surface area contributed by atoms with Gasteiger partial charge in [0, 0.05) is 22.1 Å². The minimum atomic E-state index is -0.222. The van der Waals surface area contributed by atoms with Crippen LogP contribution in [-0.2, 0) is 0 Å². The van der Waals surface area contributed by atoms with Gasteiger partial charge in [0.15, 0.2) is 0 Å². The van der Waals surface area contributed by atoms with Crippen molar-refractivity contribution in [2.24, 2.45) is 4.99 Å². The third-order valence-corrected chi connectivity index (χ3v) is 3.76. The summed E-state index contributed by atoms with van der Waals surface area (Å²) in [4.78, 5) is 16.7. The van der Waals surface area contributed by atoms with Crippen LogP contribution >= 0.6 is 11.3 Å². The molecule has 0 saturated heterocycles. The van der Waals surface area contributed by atoms with Crippen molar-refractivity contribution in [2.45, 2.75) is 0 Å². The Hall–Kier alpha value is -2.52. The van der Waals surface area contributed by atoms with Crippen LogP contribution in [0, 0.1) is 0 Å². The highest BCUT2D eigenvalue weighted by atomic mass is 32.1. The highest BCUT2D eigenvalue weighted by molar-refractivity contribution is 7.08. The molecule has 0 unspecified atom stereocenters. The molecular formula is C18H13NOS. The van der Waals surface area contributed by atoms with Crippen LogP contribution in [0.25, 0.3) is 0 Å². The maximum absolute atomic E-state index is 12.3. The molecule has 0 fully saturated rings. The van der Waals surface area contributed by atoms with E-state index in [2.05, 4.69) is 4.99 Å². The first-order valence-corrected chi connectivity index (χ1v) is 7.55. The third-order valence-electron chi connectivity index (χ3n) is 3.08. The SMILES string of the molecule is O=C(N=C(c1ccccc1)c1ccsc1)c1ccccc1. The Morgan fingerprint density at radius 1 is 0.762 bits per heavy atom. The van der Waals surface area contributed by atoms with Crippen molar-refractivity contribution in [2.75, 3.05) is 0 Å². The molecule has 2 nitrogen and oxygen atoms in total. The summed E-state index contributed by atoms with van der Waals surface area (Å²) in [5, 5.41) is 3.99. The zero-order valence-electron chi connectivity index (χ0n) is 11.3. The maximum atomic E-state index is 12.3. The lowest BCUT2D eigenvalue weighted by Crippen LogP contribution is -2.06. The Kier molecular flexibility index (Phi) is 4.03. The molecule has 102 valence electrons. The predicted molar refractivity (Wildman–Crippen MR) is 87.2 cm³/mol. The number of carbonyl (C=O) groups is 1. The first kappa shape index (κ1) is 13.5. The van der Waals surface area contributed by atoms with Gasteiger partial charge in [-0.25, -0.2) is 4.99 Å². The van der Waals surface area contributed by atoms with Gasteiger partial charge in [-0.3, -0.25) is 4.79 Å². The van der Waals surface area contributed by atoms with Gasteiger partial charge in [-0.1, -0.05) is 48.5 Å². The van der Waals surface area contributed by atoms with E-state index in [4.69, 9.17) is 0 Å². The summed E-state index contributed by atoms with van der Waals surface area (Å²) in [5.41, 5.74) is 3.22. The molecule has 2 aromatic carbocycles. The number of amides is 1. The summed E-state index contributed by atoms with van der Waals surface area (Å²) in [6, 6.07) is 20.9. The van der Waals surface area contributed by atoms with Crippen molar-refractivity contribution in [3.63, 3.8) is 0 Å². The second-order valence-corrected chi connectivity index (χ2v) is 5.29. The van der Waals surface area contributed by atoms with E-state index in [0.717, 1.165) is 11.1 Å². The van der Waals surface area contributed by atoms with E-state index in [-0.39, 0.29) is 5.91 Å². The summed E-state index contributed by atoms with van der Waals surface area (Å²) < 4.78 is 0. The van der Waals surface area contributed by atoms with Crippen LogP contribution in [0.3, 0.4) is 0 Å². The van der Waals surface area contributed by atoms with E-state index < -0.39 is 0 Å². The third kappa shape index (κ3) is 3.15. The zero-order chi connectivity index (χ0) is 14.5. The minimum Gasteiger partial charge on any atom is -0.267 e. The molecule has 0 aliphatic heterocycles. The van der Waals surface area contributed by atoms with Gasteiger partial charge < -0.3 is 0 Å². The van der Waals surface area contributed by atoms with Crippen LogP contribution in [0.2, 0.25) is 0 Å². The standard InChI is InChI=1S/C18H13NOS/c20-18(15-9-5-2-6-10-15)19-17(16-11-12-21-13-16)14-7-3-1-4-8-14/h1-13H. The Balaban J connectivity index is 2.04. The first-order chi connectivity index (χ1) is 10.3. The van der Waals surface area contributed by atoms with Gasteiger partial charge in [0.25, 0.3) is 5.91 Å². The van der Waals surface area contributed by atoms with Crippen molar-refractivity contribution in [3.8, 4) is 0 Å². The number of benzene rings is 2. The summed E-state index contributed by atoms with van der Waals surface area (Å²) in [7, 11) is 0. The lowest BCUT2D eigenvalue weighted by molar-refractivity contribution is 0.100. The van der Waals surface area contributed by atoms with Crippen molar-refractivity contribution < 1.29 is 4.79 Å². The molecule has 3 heteroatoms. The van der Waals surface area contributed by atoms with E-state index >= 15 is 0 Å². The van der Waals surface area contributed by atoms with Crippen LogP contribution in [0.15, 0.2) is 82.5 Å². The van der Waals surface area contributed by atoms with Crippen molar-refractivity contribution in [3.05, 3.63) is 94.2 Å². The predicted octanol–water partition coefficient (Wildman–Crippen LogP) is 4.43. The molecular weight excluding hydrogens is 278 g/mol. The fraction of sp³-hybridized carbons (Fsp3) is 0. The number of hydrogen-bond donors (Lipinski definition) is 0. The van der Waals surface area contributed by atoms with Crippen molar-refractivity contribution in [1.29, 1.82) is 0 Å². The van der Waals surface area contributed by atoms with Crippen LogP contribution in [-0.4, -0.2) is 11.6 Å². The molecule has 0 aliphatic rings. The van der Waals surface area contributed by atoms with Gasteiger partial charge >= 0.3 is 0 Å². The minimum absolute atomic E-state index is 0.222. The summed E-state index contributed by atoms with van der Waals surface area (Å²) in [6.07, 6.45) is 0. The monoisotopic (exact) mass is 291 g/mol. The van der Waals surface area contributed by atoms with Crippen molar-refractivity contribution >= 4 is 23.0 Å². The first-order valence-electron chi connectivity index (χ1n) is 6.60. The topological polar surface area (TPSA) is 29.4 Å². The average Bonchev–Trinajstić information content (AvgIpc) is 3.08. The number of thiophene rings is 1. The van der Waals surface area contributed by atoms with Crippen LogP contribution in [0.5, 0.6) is 0 Å². The number of hydrogen-bond acceptors (Lipinski definition) is 2. The van der Waals surface area contributed by atoms with E-state index in [9.17, 15) is 4.79 Å². The Morgan fingerprint density at radius 3 is 1.95 bits per heavy atom. The molecule has 1 heterocycles. The van der Waals surface area contributed by atoms with Crippen LogP contribution in [0.4, 0.5) is 0 Å². The number of aliphatic imine (C=N–C) groups is 1. The quantitative estimate of drug-likeness (QED) is 0.657. The van der Waals surface area contributed by atoms with Gasteiger partial charge in [0.2, 0.25) is 0 Å². The molecule has 1 aromatic heterocycles. The fourth-order valence-electron chi connectivity index (χ4n) is 2.04. The highest BCUT2D eigenvalue weighted by Gasteiger charge is 2.11. The van der Waals surface area contributed by atoms with Gasteiger partial charge in [-0.15, -0.1) is 0 Å². The average molecular weight is 291 g/mol. The molecule has 0 spiro atoms. The smallest absolute Gasteiger partial charge is 0.267 e. The summed E-state index contributed by atoms with van der Waals surface area (Å²) >= 11 is 1.59. The second-order valence-electron chi connectivity index (χ2n) is 4.51. The van der Waals surface area contributed by atoms with Crippen LogP contribution in [0.1, 0.15) is 21.5 Å². The number of nitrogens with zero attached hydrogens (tertiary/aromatic N) is 1. The fourth-order valence-corrected chi connectivity index (χ4v) is 2.68. The molecule has 0 atom stereocenters. The van der Waals surface area contributed by atoms with E-state index in [1.165, 1.54) is 0 Å². The molecule has 0 radical (unpaired) electrons. The van der Waals surface area contributed by atoms with Gasteiger partial charge in [0.1, 0.15) is 0 Å². The lowest BCUT2D eigenvalue weighted by atomic mass is 10.0. The number of carbonyl (C=O) groups excluding carboxylic acids is 1. The Bertz CT molecular complexity index is 746.